The smallest absolute Gasteiger partial charge is 0.0221 e. The van der Waals surface area contributed by atoms with Gasteiger partial charge >= 0.3 is 0 Å². The highest BCUT2D eigenvalue weighted by atomic mass is 15.3. The van der Waals surface area contributed by atoms with E-state index in [4.69, 9.17) is 0 Å². The van der Waals surface area contributed by atoms with Crippen molar-refractivity contribution in [2.75, 3.05) is 13.1 Å². The van der Waals surface area contributed by atoms with E-state index < -0.39 is 0 Å². The lowest BCUT2D eigenvalue weighted by Gasteiger charge is -2.44. The van der Waals surface area contributed by atoms with Crippen molar-refractivity contribution < 1.29 is 0 Å². The topological polar surface area (TPSA) is 15.3 Å². The van der Waals surface area contributed by atoms with Crippen LogP contribution in [0.4, 0.5) is 0 Å². The van der Waals surface area contributed by atoms with Gasteiger partial charge in [-0.3, -0.25) is 4.90 Å². The number of hydrogen-bond acceptors (Lipinski definition) is 2. The highest BCUT2D eigenvalue weighted by Gasteiger charge is 2.32. The fourth-order valence-electron chi connectivity index (χ4n) is 2.96. The number of nitrogens with zero attached hydrogens (tertiary/aromatic N) is 1. The minimum atomic E-state index is 0.696. The third kappa shape index (κ3) is 2.49. The highest BCUT2D eigenvalue weighted by molar-refractivity contribution is 5.01. The summed E-state index contributed by atoms with van der Waals surface area (Å²) in [5, 5.41) is 3.71. The van der Waals surface area contributed by atoms with Crippen LogP contribution < -0.4 is 5.32 Å². The molecule has 3 atom stereocenters. The van der Waals surface area contributed by atoms with Gasteiger partial charge in [0.2, 0.25) is 0 Å². The molecule has 2 aliphatic rings. The van der Waals surface area contributed by atoms with Crippen molar-refractivity contribution in [3.8, 4) is 0 Å². The van der Waals surface area contributed by atoms with Gasteiger partial charge in [0.15, 0.2) is 0 Å². The Morgan fingerprint density at radius 3 is 2.69 bits per heavy atom. The second-order valence-corrected chi connectivity index (χ2v) is 5.54. The van der Waals surface area contributed by atoms with Gasteiger partial charge in [-0.25, -0.2) is 0 Å². The van der Waals surface area contributed by atoms with Crippen molar-refractivity contribution >= 4 is 0 Å². The normalized spacial score (nSPS) is 34.4. The van der Waals surface area contributed by atoms with E-state index in [-0.39, 0.29) is 0 Å². The molecular weight excluding hydrogens is 196 g/mol. The first-order valence-corrected chi connectivity index (χ1v) is 6.86. The molecule has 1 fully saturated rings. The van der Waals surface area contributed by atoms with Gasteiger partial charge in [0.25, 0.3) is 0 Å². The van der Waals surface area contributed by atoms with Crippen molar-refractivity contribution in [2.24, 2.45) is 5.92 Å². The first kappa shape index (κ1) is 12.1. The van der Waals surface area contributed by atoms with Crippen LogP contribution in [-0.2, 0) is 0 Å². The average Bonchev–Trinajstić information content (AvgIpc) is 2.82. The summed E-state index contributed by atoms with van der Waals surface area (Å²) < 4.78 is 0. The first-order chi connectivity index (χ1) is 7.72. The SMILES string of the molecule is CCC(C)C1CN(C2CC=CC2)C(C)CN1. The molecule has 2 nitrogen and oxygen atoms in total. The summed E-state index contributed by atoms with van der Waals surface area (Å²) in [6.45, 7) is 9.43. The maximum absolute atomic E-state index is 3.71. The van der Waals surface area contributed by atoms with Crippen LogP contribution in [0.25, 0.3) is 0 Å². The van der Waals surface area contributed by atoms with Gasteiger partial charge in [0.05, 0.1) is 0 Å². The molecule has 0 radical (unpaired) electrons. The predicted molar refractivity (Wildman–Crippen MR) is 69.6 cm³/mol. The van der Waals surface area contributed by atoms with Crippen molar-refractivity contribution in [1.82, 2.24) is 10.2 Å². The van der Waals surface area contributed by atoms with Crippen LogP contribution in [0.5, 0.6) is 0 Å². The van der Waals surface area contributed by atoms with E-state index >= 15 is 0 Å². The molecule has 1 aliphatic carbocycles. The Balaban J connectivity index is 1.94. The summed E-state index contributed by atoms with van der Waals surface area (Å²) in [4.78, 5) is 2.73. The molecule has 2 rings (SSSR count). The third-order valence-corrected chi connectivity index (χ3v) is 4.43. The molecule has 0 aromatic rings. The van der Waals surface area contributed by atoms with Crippen LogP contribution in [-0.4, -0.2) is 36.1 Å². The molecule has 1 saturated heterocycles. The average molecular weight is 222 g/mol. The molecule has 16 heavy (non-hydrogen) atoms. The largest absolute Gasteiger partial charge is 0.311 e. The summed E-state index contributed by atoms with van der Waals surface area (Å²) in [5.41, 5.74) is 0. The minimum Gasteiger partial charge on any atom is -0.311 e. The molecule has 1 aliphatic heterocycles. The molecule has 0 aromatic heterocycles. The number of nitrogens with one attached hydrogen (secondary N) is 1. The summed E-state index contributed by atoms with van der Waals surface area (Å²) in [5.74, 6) is 0.796. The van der Waals surface area contributed by atoms with E-state index in [1.807, 2.05) is 0 Å². The quantitative estimate of drug-likeness (QED) is 0.738. The summed E-state index contributed by atoms with van der Waals surface area (Å²) >= 11 is 0. The predicted octanol–water partition coefficient (Wildman–Crippen LogP) is 2.41. The minimum absolute atomic E-state index is 0.696. The van der Waals surface area contributed by atoms with Gasteiger partial charge in [0, 0.05) is 31.2 Å². The van der Waals surface area contributed by atoms with Gasteiger partial charge in [-0.2, -0.15) is 0 Å². The summed E-state index contributed by atoms with van der Waals surface area (Å²) in [7, 11) is 0. The lowest BCUT2D eigenvalue weighted by molar-refractivity contribution is 0.0796. The fourth-order valence-corrected chi connectivity index (χ4v) is 2.96. The van der Waals surface area contributed by atoms with E-state index in [0.717, 1.165) is 18.5 Å². The van der Waals surface area contributed by atoms with E-state index in [1.165, 1.54) is 25.8 Å². The molecule has 0 amide bonds. The number of piperazine rings is 1. The van der Waals surface area contributed by atoms with Crippen molar-refractivity contribution in [3.05, 3.63) is 12.2 Å². The Morgan fingerprint density at radius 1 is 1.38 bits per heavy atom. The van der Waals surface area contributed by atoms with Crippen LogP contribution >= 0.6 is 0 Å². The zero-order valence-electron chi connectivity index (χ0n) is 10.9. The molecule has 3 unspecified atom stereocenters. The maximum Gasteiger partial charge on any atom is 0.0221 e. The van der Waals surface area contributed by atoms with Gasteiger partial charge < -0.3 is 5.32 Å². The number of rotatable bonds is 3. The Bertz CT molecular complexity index is 241. The molecule has 0 spiro atoms. The second-order valence-electron chi connectivity index (χ2n) is 5.54. The summed E-state index contributed by atoms with van der Waals surface area (Å²) in [6.07, 6.45) is 8.49. The maximum atomic E-state index is 3.71. The van der Waals surface area contributed by atoms with Gasteiger partial charge in [-0.15, -0.1) is 0 Å². The molecule has 0 bridgehead atoms. The Hall–Kier alpha value is -0.340. The zero-order chi connectivity index (χ0) is 11.5. The standard InChI is InChI=1S/C14H26N2/c1-4-11(2)14-10-16(12(3)9-15-14)13-7-5-6-8-13/h5-6,11-15H,4,7-10H2,1-3H3. The molecule has 1 N–H and O–H groups in total. The zero-order valence-corrected chi connectivity index (χ0v) is 10.9. The van der Waals surface area contributed by atoms with Gasteiger partial charge in [-0.05, 0) is 25.7 Å². The lowest BCUT2D eigenvalue weighted by Crippen LogP contribution is -2.59. The van der Waals surface area contributed by atoms with Crippen molar-refractivity contribution in [1.29, 1.82) is 0 Å². The molecule has 0 aromatic carbocycles. The van der Waals surface area contributed by atoms with E-state index in [2.05, 4.69) is 43.1 Å². The highest BCUT2D eigenvalue weighted by Crippen LogP contribution is 2.23. The summed E-state index contributed by atoms with van der Waals surface area (Å²) in [6, 6.07) is 2.18. The van der Waals surface area contributed by atoms with Crippen LogP contribution in [0.3, 0.4) is 0 Å². The Labute approximate surface area is 100 Å². The molecule has 1 heterocycles. The van der Waals surface area contributed by atoms with Gasteiger partial charge in [0.1, 0.15) is 0 Å². The monoisotopic (exact) mass is 222 g/mol. The van der Waals surface area contributed by atoms with Crippen LogP contribution in [0.15, 0.2) is 12.2 Å². The molecule has 0 saturated carbocycles. The van der Waals surface area contributed by atoms with Gasteiger partial charge in [-0.1, -0.05) is 32.4 Å². The van der Waals surface area contributed by atoms with E-state index in [9.17, 15) is 0 Å². The van der Waals surface area contributed by atoms with Crippen molar-refractivity contribution in [2.45, 2.75) is 58.2 Å². The van der Waals surface area contributed by atoms with E-state index in [0.29, 0.717) is 12.1 Å². The Kier molecular flexibility index (Phi) is 4.04. The van der Waals surface area contributed by atoms with Crippen LogP contribution in [0.1, 0.15) is 40.0 Å². The van der Waals surface area contributed by atoms with Crippen LogP contribution in [0, 0.1) is 5.92 Å². The van der Waals surface area contributed by atoms with Crippen LogP contribution in [0.2, 0.25) is 0 Å². The lowest BCUT2D eigenvalue weighted by atomic mass is 9.94. The molecule has 92 valence electrons. The van der Waals surface area contributed by atoms with E-state index in [1.54, 1.807) is 0 Å². The Morgan fingerprint density at radius 2 is 2.06 bits per heavy atom. The second kappa shape index (κ2) is 5.33. The number of hydrogen-bond donors (Lipinski definition) is 1. The molecule has 2 heteroatoms. The van der Waals surface area contributed by atoms with Crippen molar-refractivity contribution in [3.63, 3.8) is 0 Å². The first-order valence-electron chi connectivity index (χ1n) is 6.86. The molecular formula is C14H26N2. The fraction of sp³-hybridized carbons (Fsp3) is 0.857. The third-order valence-electron chi connectivity index (χ3n) is 4.43.